The molecule has 17 heavy (non-hydrogen) atoms. The van der Waals surface area contributed by atoms with Gasteiger partial charge in [0.1, 0.15) is 5.75 Å². The number of ether oxygens (including phenoxy) is 1. The Morgan fingerprint density at radius 1 is 1.29 bits per heavy atom. The van der Waals surface area contributed by atoms with Crippen LogP contribution in [0.25, 0.3) is 0 Å². The molecule has 0 aliphatic rings. The molecule has 0 spiro atoms. The molecule has 1 radical (unpaired) electrons. The van der Waals surface area contributed by atoms with Gasteiger partial charge < -0.3 is 9.84 Å². The molecule has 1 aromatic rings. The first-order valence-corrected chi connectivity index (χ1v) is 6.41. The predicted molar refractivity (Wildman–Crippen MR) is 71.4 cm³/mol. The first-order chi connectivity index (χ1) is 8.21. The summed E-state index contributed by atoms with van der Waals surface area (Å²) in [4.78, 5) is 0. The van der Waals surface area contributed by atoms with Crippen LogP contribution >= 0.6 is 0 Å². The second kappa shape index (κ2) is 7.33. The van der Waals surface area contributed by atoms with Crippen LogP contribution in [-0.2, 0) is 6.42 Å². The van der Waals surface area contributed by atoms with Crippen LogP contribution in [0.15, 0.2) is 18.2 Å². The molecule has 0 amide bonds. The highest BCUT2D eigenvalue weighted by atomic mass is 16.5. The van der Waals surface area contributed by atoms with Crippen LogP contribution in [0.2, 0.25) is 0 Å². The van der Waals surface area contributed by atoms with Crippen molar-refractivity contribution in [1.82, 2.24) is 0 Å². The minimum atomic E-state index is -0.0733. The minimum Gasteiger partial charge on any atom is -0.494 e. The van der Waals surface area contributed by atoms with Crippen LogP contribution in [0, 0.1) is 6.92 Å². The summed E-state index contributed by atoms with van der Waals surface area (Å²) in [5.41, 5.74) is 2.33. The highest BCUT2D eigenvalue weighted by molar-refractivity contribution is 5.37. The highest BCUT2D eigenvalue weighted by Crippen LogP contribution is 2.24. The number of hydrogen-bond donors (Lipinski definition) is 1. The summed E-state index contributed by atoms with van der Waals surface area (Å²) in [7, 11) is 0. The van der Waals surface area contributed by atoms with Gasteiger partial charge in [0.25, 0.3) is 0 Å². The minimum absolute atomic E-state index is 0.0722. The van der Waals surface area contributed by atoms with E-state index in [1.54, 1.807) is 0 Å². The SMILES string of the molecule is [CH2]C(CO)c1cc(CCCC)cc(OCC)c1. The Morgan fingerprint density at radius 2 is 2.06 bits per heavy atom. The van der Waals surface area contributed by atoms with Crippen LogP contribution in [0.1, 0.15) is 43.7 Å². The van der Waals surface area contributed by atoms with Crippen molar-refractivity contribution in [2.24, 2.45) is 0 Å². The van der Waals surface area contributed by atoms with Crippen LogP contribution in [-0.4, -0.2) is 18.3 Å². The number of rotatable bonds is 7. The fourth-order valence-electron chi connectivity index (χ4n) is 1.80. The first-order valence-electron chi connectivity index (χ1n) is 6.41. The van der Waals surface area contributed by atoms with Gasteiger partial charge in [-0.05, 0) is 49.9 Å². The zero-order chi connectivity index (χ0) is 12.7. The van der Waals surface area contributed by atoms with E-state index in [-0.39, 0.29) is 12.5 Å². The van der Waals surface area contributed by atoms with E-state index >= 15 is 0 Å². The fraction of sp³-hybridized carbons (Fsp3) is 0.533. The Kier molecular flexibility index (Phi) is 6.06. The van der Waals surface area contributed by atoms with Gasteiger partial charge in [-0.15, -0.1) is 0 Å². The summed E-state index contributed by atoms with van der Waals surface area (Å²) < 4.78 is 5.55. The van der Waals surface area contributed by atoms with Crippen molar-refractivity contribution in [3.05, 3.63) is 36.2 Å². The van der Waals surface area contributed by atoms with Crippen LogP contribution in [0.5, 0.6) is 5.75 Å². The maximum Gasteiger partial charge on any atom is 0.119 e. The quantitative estimate of drug-likeness (QED) is 0.785. The van der Waals surface area contributed by atoms with E-state index in [0.29, 0.717) is 6.61 Å². The average molecular weight is 235 g/mol. The maximum absolute atomic E-state index is 9.17. The van der Waals surface area contributed by atoms with Gasteiger partial charge in [-0.3, -0.25) is 0 Å². The van der Waals surface area contributed by atoms with Crippen molar-refractivity contribution in [3.63, 3.8) is 0 Å². The van der Waals surface area contributed by atoms with Crippen molar-refractivity contribution < 1.29 is 9.84 Å². The highest BCUT2D eigenvalue weighted by Gasteiger charge is 2.08. The molecule has 2 heteroatoms. The molecule has 95 valence electrons. The summed E-state index contributed by atoms with van der Waals surface area (Å²) in [6, 6.07) is 6.20. The lowest BCUT2D eigenvalue weighted by atomic mass is 9.97. The van der Waals surface area contributed by atoms with Gasteiger partial charge >= 0.3 is 0 Å². The average Bonchev–Trinajstić information content (AvgIpc) is 2.35. The summed E-state index contributed by atoms with van der Waals surface area (Å²) in [6.45, 7) is 8.84. The first kappa shape index (κ1) is 14.0. The molecule has 1 atom stereocenters. The zero-order valence-corrected chi connectivity index (χ0v) is 10.9. The molecule has 0 saturated heterocycles. The van der Waals surface area contributed by atoms with Crippen molar-refractivity contribution in [2.75, 3.05) is 13.2 Å². The second-order valence-electron chi connectivity index (χ2n) is 4.33. The Morgan fingerprint density at radius 3 is 2.65 bits per heavy atom. The van der Waals surface area contributed by atoms with Crippen LogP contribution in [0.4, 0.5) is 0 Å². The van der Waals surface area contributed by atoms with Gasteiger partial charge in [0.05, 0.1) is 6.61 Å². The molecule has 0 heterocycles. The van der Waals surface area contributed by atoms with Gasteiger partial charge in [0.2, 0.25) is 0 Å². The van der Waals surface area contributed by atoms with Gasteiger partial charge in [-0.2, -0.15) is 0 Å². The topological polar surface area (TPSA) is 29.5 Å². The molecular weight excluding hydrogens is 212 g/mol. The van der Waals surface area contributed by atoms with Crippen molar-refractivity contribution in [2.45, 2.75) is 39.0 Å². The predicted octanol–water partition coefficient (Wildman–Crippen LogP) is 3.34. The van der Waals surface area contributed by atoms with Gasteiger partial charge in [0, 0.05) is 12.5 Å². The number of aliphatic hydroxyl groups is 1. The number of hydrogen-bond acceptors (Lipinski definition) is 2. The van der Waals surface area contributed by atoms with Crippen molar-refractivity contribution in [3.8, 4) is 5.75 Å². The Bertz CT molecular complexity index is 334. The van der Waals surface area contributed by atoms with E-state index in [1.165, 1.54) is 18.4 Å². The molecule has 1 N–H and O–H groups in total. The molecule has 0 bridgehead atoms. The monoisotopic (exact) mass is 235 g/mol. The number of aliphatic hydroxyl groups excluding tert-OH is 1. The van der Waals surface area contributed by atoms with Crippen molar-refractivity contribution in [1.29, 1.82) is 0 Å². The number of benzene rings is 1. The molecular formula is C15H23O2. The Balaban J connectivity index is 2.91. The second-order valence-corrected chi connectivity index (χ2v) is 4.33. The third-order valence-electron chi connectivity index (χ3n) is 2.81. The lowest BCUT2D eigenvalue weighted by Gasteiger charge is -2.13. The van der Waals surface area contributed by atoms with E-state index in [0.717, 1.165) is 17.7 Å². The largest absolute Gasteiger partial charge is 0.494 e. The van der Waals surface area contributed by atoms with E-state index in [1.807, 2.05) is 13.0 Å². The van der Waals surface area contributed by atoms with Gasteiger partial charge in [-0.25, -0.2) is 0 Å². The Hall–Kier alpha value is -1.02. The molecule has 0 aromatic heterocycles. The normalized spacial score (nSPS) is 12.5. The molecule has 0 aliphatic carbocycles. The molecule has 1 unspecified atom stereocenters. The molecule has 1 aromatic carbocycles. The Labute approximate surface area is 105 Å². The van der Waals surface area contributed by atoms with Gasteiger partial charge in [0.15, 0.2) is 0 Å². The fourth-order valence-corrected chi connectivity index (χ4v) is 1.80. The molecule has 1 rings (SSSR count). The standard InChI is InChI=1S/C15H23O2/c1-4-6-7-13-8-14(12(3)11-16)10-15(9-13)17-5-2/h8-10,12,16H,3-7,11H2,1-2H3. The zero-order valence-electron chi connectivity index (χ0n) is 10.9. The smallest absolute Gasteiger partial charge is 0.119 e. The lowest BCUT2D eigenvalue weighted by Crippen LogP contribution is -2.02. The number of unbranched alkanes of at least 4 members (excludes halogenated alkanes) is 1. The van der Waals surface area contributed by atoms with E-state index in [9.17, 15) is 5.11 Å². The van der Waals surface area contributed by atoms with Gasteiger partial charge in [-0.1, -0.05) is 19.4 Å². The van der Waals surface area contributed by atoms with E-state index in [4.69, 9.17) is 4.74 Å². The van der Waals surface area contributed by atoms with Crippen LogP contribution in [0.3, 0.4) is 0 Å². The van der Waals surface area contributed by atoms with Crippen LogP contribution < -0.4 is 4.74 Å². The third kappa shape index (κ3) is 4.39. The van der Waals surface area contributed by atoms with E-state index < -0.39 is 0 Å². The summed E-state index contributed by atoms with van der Waals surface area (Å²) in [5, 5.41) is 9.17. The van der Waals surface area contributed by atoms with Crippen molar-refractivity contribution >= 4 is 0 Å². The maximum atomic E-state index is 9.17. The number of aryl methyl sites for hydroxylation is 1. The molecule has 0 fully saturated rings. The molecule has 0 saturated carbocycles. The summed E-state index contributed by atoms with van der Waals surface area (Å²) >= 11 is 0. The summed E-state index contributed by atoms with van der Waals surface area (Å²) in [6.07, 6.45) is 3.42. The lowest BCUT2D eigenvalue weighted by molar-refractivity contribution is 0.282. The van der Waals surface area contributed by atoms with E-state index in [2.05, 4.69) is 26.0 Å². The molecule has 0 aliphatic heterocycles. The molecule has 2 nitrogen and oxygen atoms in total. The summed E-state index contributed by atoms with van der Waals surface area (Å²) in [5.74, 6) is 0.814. The third-order valence-corrected chi connectivity index (χ3v) is 2.81.